The van der Waals surface area contributed by atoms with Crippen molar-refractivity contribution in [1.29, 1.82) is 0 Å². The Morgan fingerprint density at radius 2 is 1.61 bits per heavy atom. The van der Waals surface area contributed by atoms with Crippen LogP contribution in [-0.2, 0) is 0 Å². The highest BCUT2D eigenvalue weighted by Crippen LogP contribution is 2.34. The van der Waals surface area contributed by atoms with Crippen LogP contribution < -0.4 is 10.2 Å². The van der Waals surface area contributed by atoms with E-state index >= 15 is 0 Å². The Bertz CT molecular complexity index is 710. The van der Waals surface area contributed by atoms with E-state index in [-0.39, 0.29) is 0 Å². The third-order valence-corrected chi connectivity index (χ3v) is 3.40. The molecule has 2 aromatic carbocycles. The lowest BCUT2D eigenvalue weighted by Gasteiger charge is -2.13. The van der Waals surface area contributed by atoms with E-state index in [0.717, 1.165) is 5.69 Å². The van der Waals surface area contributed by atoms with Crippen molar-refractivity contribution in [3.8, 4) is 0 Å². The molecule has 0 bridgehead atoms. The van der Waals surface area contributed by atoms with E-state index < -0.39 is 0 Å². The fraction of sp³-hybridized carbons (Fsp3) is 0.200. The first-order valence-electron chi connectivity index (χ1n) is 6.11. The van der Waals surface area contributed by atoms with E-state index in [1.54, 1.807) is 0 Å². The van der Waals surface area contributed by atoms with E-state index in [1.807, 2.05) is 7.05 Å². The van der Waals surface area contributed by atoms with E-state index in [9.17, 15) is 0 Å². The minimum atomic E-state index is 1.13. The topological polar surface area (TPSA) is 31.1 Å². The lowest BCUT2D eigenvalue weighted by molar-refractivity contribution is 1.14. The molecule has 3 heteroatoms. The van der Waals surface area contributed by atoms with Crippen molar-refractivity contribution in [1.82, 2.24) is 4.98 Å². The standard InChI is InChI=1S/C15H17N3/c1-16-12-8-4-6-10-11-7-5-9-13(18(2)3)15(11)17-14(10)12/h4-9,16-17H,1-3H3. The summed E-state index contributed by atoms with van der Waals surface area (Å²) in [5.41, 5.74) is 4.71. The summed E-state index contributed by atoms with van der Waals surface area (Å²) in [5.74, 6) is 0. The summed E-state index contributed by atoms with van der Waals surface area (Å²) in [4.78, 5) is 5.68. The van der Waals surface area contributed by atoms with Gasteiger partial charge < -0.3 is 15.2 Å². The number of hydrogen-bond acceptors (Lipinski definition) is 2. The first-order chi connectivity index (χ1) is 8.72. The second-order valence-corrected chi connectivity index (χ2v) is 4.70. The second kappa shape index (κ2) is 3.95. The molecule has 18 heavy (non-hydrogen) atoms. The van der Waals surface area contributed by atoms with Crippen LogP contribution in [0.3, 0.4) is 0 Å². The number of benzene rings is 2. The number of aromatic nitrogens is 1. The first kappa shape index (κ1) is 11.0. The summed E-state index contributed by atoms with van der Waals surface area (Å²) < 4.78 is 0. The lowest BCUT2D eigenvalue weighted by Crippen LogP contribution is -2.08. The third-order valence-electron chi connectivity index (χ3n) is 3.40. The summed E-state index contributed by atoms with van der Waals surface area (Å²) in [7, 11) is 6.09. The molecule has 0 aliphatic rings. The zero-order chi connectivity index (χ0) is 12.7. The van der Waals surface area contributed by atoms with Gasteiger partial charge in [0.05, 0.1) is 22.4 Å². The molecule has 0 spiro atoms. The fourth-order valence-electron chi connectivity index (χ4n) is 2.51. The van der Waals surface area contributed by atoms with Crippen LogP contribution >= 0.6 is 0 Å². The molecule has 3 aromatic rings. The monoisotopic (exact) mass is 239 g/mol. The highest BCUT2D eigenvalue weighted by atomic mass is 15.1. The van der Waals surface area contributed by atoms with Crippen LogP contribution in [0.4, 0.5) is 11.4 Å². The van der Waals surface area contributed by atoms with Crippen LogP contribution in [0.15, 0.2) is 36.4 Å². The molecular weight excluding hydrogens is 222 g/mol. The fourth-order valence-corrected chi connectivity index (χ4v) is 2.51. The molecule has 3 rings (SSSR count). The summed E-state index contributed by atoms with van der Waals surface area (Å²) in [6.07, 6.45) is 0. The second-order valence-electron chi connectivity index (χ2n) is 4.70. The van der Waals surface area contributed by atoms with Gasteiger partial charge in [0.1, 0.15) is 0 Å². The SMILES string of the molecule is CNc1cccc2c1[nH]c1c(N(C)C)cccc12. The van der Waals surface area contributed by atoms with Gasteiger partial charge in [-0.2, -0.15) is 0 Å². The number of aromatic amines is 1. The Balaban J connectivity index is 2.46. The maximum Gasteiger partial charge on any atom is 0.0703 e. The third kappa shape index (κ3) is 1.44. The van der Waals surface area contributed by atoms with Gasteiger partial charge in [0, 0.05) is 31.9 Å². The molecule has 2 N–H and O–H groups in total. The van der Waals surface area contributed by atoms with Gasteiger partial charge in [-0.1, -0.05) is 24.3 Å². The quantitative estimate of drug-likeness (QED) is 0.718. The van der Waals surface area contributed by atoms with Crippen molar-refractivity contribution in [2.24, 2.45) is 0 Å². The highest BCUT2D eigenvalue weighted by Gasteiger charge is 2.10. The molecule has 0 amide bonds. The van der Waals surface area contributed by atoms with Gasteiger partial charge >= 0.3 is 0 Å². The van der Waals surface area contributed by atoms with Crippen LogP contribution in [0.25, 0.3) is 21.8 Å². The van der Waals surface area contributed by atoms with Gasteiger partial charge in [0.2, 0.25) is 0 Å². The van der Waals surface area contributed by atoms with Crippen molar-refractivity contribution < 1.29 is 0 Å². The zero-order valence-corrected chi connectivity index (χ0v) is 10.9. The smallest absolute Gasteiger partial charge is 0.0703 e. The van der Waals surface area contributed by atoms with E-state index in [1.165, 1.54) is 27.5 Å². The molecule has 92 valence electrons. The van der Waals surface area contributed by atoms with Gasteiger partial charge in [-0.3, -0.25) is 0 Å². The number of rotatable bonds is 2. The summed E-state index contributed by atoms with van der Waals surface area (Å²) >= 11 is 0. The van der Waals surface area contributed by atoms with Gasteiger partial charge in [0.15, 0.2) is 0 Å². The van der Waals surface area contributed by atoms with E-state index in [0.29, 0.717) is 0 Å². The zero-order valence-electron chi connectivity index (χ0n) is 10.9. The predicted octanol–water partition coefficient (Wildman–Crippen LogP) is 3.43. The molecule has 3 nitrogen and oxygen atoms in total. The number of para-hydroxylation sites is 2. The number of nitrogens with one attached hydrogen (secondary N) is 2. The molecule has 0 radical (unpaired) electrons. The number of fused-ring (bicyclic) bond motifs is 3. The average molecular weight is 239 g/mol. The minimum absolute atomic E-state index is 1.13. The lowest BCUT2D eigenvalue weighted by atomic mass is 10.1. The number of anilines is 2. The van der Waals surface area contributed by atoms with Crippen LogP contribution in [0.5, 0.6) is 0 Å². The first-order valence-corrected chi connectivity index (χ1v) is 6.11. The molecule has 1 aromatic heterocycles. The Hall–Kier alpha value is -2.16. The van der Waals surface area contributed by atoms with Gasteiger partial charge in [-0.25, -0.2) is 0 Å². The van der Waals surface area contributed by atoms with Crippen LogP contribution in [0.2, 0.25) is 0 Å². The molecule has 1 heterocycles. The summed E-state index contributed by atoms with van der Waals surface area (Å²) in [6.45, 7) is 0. The van der Waals surface area contributed by atoms with Crippen LogP contribution in [0.1, 0.15) is 0 Å². The maximum atomic E-state index is 3.54. The normalized spacial score (nSPS) is 11.1. The van der Waals surface area contributed by atoms with Crippen molar-refractivity contribution in [3.05, 3.63) is 36.4 Å². The molecule has 0 fully saturated rings. The highest BCUT2D eigenvalue weighted by molar-refractivity contribution is 6.14. The number of nitrogens with zero attached hydrogens (tertiary/aromatic N) is 1. The molecule has 0 unspecified atom stereocenters. The van der Waals surface area contributed by atoms with Crippen molar-refractivity contribution in [2.45, 2.75) is 0 Å². The largest absolute Gasteiger partial charge is 0.386 e. The Labute approximate surface area is 106 Å². The van der Waals surface area contributed by atoms with Gasteiger partial charge in [-0.05, 0) is 12.1 Å². The summed E-state index contributed by atoms with van der Waals surface area (Å²) in [6, 6.07) is 12.7. The average Bonchev–Trinajstić information content (AvgIpc) is 2.76. The molecular formula is C15H17N3. The van der Waals surface area contributed by atoms with Crippen LogP contribution in [0, 0.1) is 0 Å². The molecule has 0 saturated carbocycles. The number of hydrogen-bond donors (Lipinski definition) is 2. The molecule has 0 aliphatic heterocycles. The maximum absolute atomic E-state index is 3.54. The van der Waals surface area contributed by atoms with Gasteiger partial charge in [0.25, 0.3) is 0 Å². The van der Waals surface area contributed by atoms with Crippen molar-refractivity contribution in [3.63, 3.8) is 0 Å². The molecule has 0 aliphatic carbocycles. The minimum Gasteiger partial charge on any atom is -0.386 e. The Kier molecular flexibility index (Phi) is 2.40. The molecule has 0 atom stereocenters. The predicted molar refractivity (Wildman–Crippen MR) is 79.7 cm³/mol. The van der Waals surface area contributed by atoms with Crippen LogP contribution in [-0.4, -0.2) is 26.1 Å². The van der Waals surface area contributed by atoms with Crippen molar-refractivity contribution in [2.75, 3.05) is 31.4 Å². The van der Waals surface area contributed by atoms with Crippen molar-refractivity contribution >= 4 is 33.2 Å². The molecule has 0 saturated heterocycles. The Morgan fingerprint density at radius 3 is 2.28 bits per heavy atom. The van der Waals surface area contributed by atoms with Gasteiger partial charge in [-0.15, -0.1) is 0 Å². The van der Waals surface area contributed by atoms with E-state index in [2.05, 4.69) is 65.7 Å². The van der Waals surface area contributed by atoms with E-state index in [4.69, 9.17) is 0 Å². The number of H-pyrrole nitrogens is 1. The summed E-state index contributed by atoms with van der Waals surface area (Å²) in [5, 5.41) is 5.77. The Morgan fingerprint density at radius 1 is 0.944 bits per heavy atom.